The van der Waals surface area contributed by atoms with E-state index in [4.69, 9.17) is 24.5 Å². The van der Waals surface area contributed by atoms with Gasteiger partial charge in [0.05, 0.1) is 0 Å². The Morgan fingerprint density at radius 2 is 0.722 bits per heavy atom. The van der Waals surface area contributed by atoms with Crippen LogP contribution in [0.5, 0.6) is 0 Å². The molecule has 0 amide bonds. The molecule has 0 spiro atoms. The van der Waals surface area contributed by atoms with Crippen molar-refractivity contribution in [2.24, 2.45) is 0 Å². The molecule has 0 unspecified atom stereocenters. The topological polar surface area (TPSA) is 171 Å². The standard InChI is InChI=1S/5Ca.H5O10P3.10H/c;;;;;1-11(2,3)9-13(7,8)10-12(4,5)6;;;;;;;;;;/h;;;;;(H,7,8)(H2,1,2,3)(H2,4,5,6);;;;;;;;;;. The van der Waals surface area contributed by atoms with Gasteiger partial charge in [0.25, 0.3) is 0 Å². The molecule has 0 bridgehead atoms. The second kappa shape index (κ2) is 17.1. The summed E-state index contributed by atoms with van der Waals surface area (Å²) in [5.41, 5.74) is 0. The van der Waals surface area contributed by atoms with Gasteiger partial charge in [-0.25, -0.2) is 13.7 Å². The zero-order chi connectivity index (χ0) is 10.9. The Kier molecular flexibility index (Phi) is 37.8. The SMILES string of the molecule is O=P(O)(O)OP(=O)(O)OP(=O)(O)O.[CaH2].[CaH2].[CaH2].[CaH2].[CaH2]. The minimum atomic E-state index is -5.46. The summed E-state index contributed by atoms with van der Waals surface area (Å²) in [5, 5.41) is 0. The fourth-order valence-electron chi connectivity index (χ4n) is 0.284. The Balaban J connectivity index is -0.0000000720. The van der Waals surface area contributed by atoms with Crippen molar-refractivity contribution in [1.82, 2.24) is 0 Å². The fourth-order valence-corrected chi connectivity index (χ4v) is 2.82. The summed E-state index contributed by atoms with van der Waals surface area (Å²) in [6, 6.07) is 0. The third-order valence-electron chi connectivity index (χ3n) is 0.419. The van der Waals surface area contributed by atoms with Gasteiger partial charge >= 0.3 is 212 Å². The van der Waals surface area contributed by atoms with Crippen LogP contribution in [-0.4, -0.2) is 213 Å². The van der Waals surface area contributed by atoms with Gasteiger partial charge in [-0.15, -0.1) is 0 Å². The predicted octanol–water partition coefficient (Wildman–Crippen LogP) is -5.28. The molecule has 0 rings (SSSR count). The summed E-state index contributed by atoms with van der Waals surface area (Å²) in [4.78, 5) is 40.2. The first kappa shape index (κ1) is 39.7. The van der Waals surface area contributed by atoms with Crippen molar-refractivity contribution in [3.63, 3.8) is 0 Å². The first-order chi connectivity index (χ1) is 5.41. The predicted molar refractivity (Wildman–Crippen MR) is 78.8 cm³/mol. The second-order valence-corrected chi connectivity index (χ2v) is 5.82. The summed E-state index contributed by atoms with van der Waals surface area (Å²) in [6.07, 6.45) is 0. The fraction of sp³-hybridized carbons (Fsp3) is 0. The Hall–Kier alpha value is 6.71. The Bertz CT molecular complexity index is 287. The van der Waals surface area contributed by atoms with Gasteiger partial charge in [-0.1, -0.05) is 0 Å². The van der Waals surface area contributed by atoms with Crippen LogP contribution in [0.2, 0.25) is 0 Å². The van der Waals surface area contributed by atoms with Crippen LogP contribution in [0.25, 0.3) is 0 Å². The molecule has 0 aromatic heterocycles. The third-order valence-corrected chi connectivity index (χ3v) is 3.77. The normalized spacial score (nSPS) is 10.5. The van der Waals surface area contributed by atoms with Gasteiger partial charge in [-0.2, -0.15) is 8.62 Å². The van der Waals surface area contributed by atoms with Crippen LogP contribution < -0.4 is 0 Å². The maximum atomic E-state index is 10.4. The summed E-state index contributed by atoms with van der Waals surface area (Å²) >= 11 is 0. The third kappa shape index (κ3) is 30.6. The van der Waals surface area contributed by atoms with E-state index in [1.807, 2.05) is 0 Å². The molecule has 18 heteroatoms. The summed E-state index contributed by atoms with van der Waals surface area (Å²) < 4.78 is 36.4. The molecule has 0 fully saturated rings. The molecular formula is H15Ca5O10P3. The zero-order valence-corrected chi connectivity index (χ0v) is 8.30. The molecule has 10 nitrogen and oxygen atoms in total. The number of hydrogen-bond donors (Lipinski definition) is 5. The average Bonchev–Trinajstić information content (AvgIpc) is 1.43. The van der Waals surface area contributed by atoms with Crippen molar-refractivity contribution < 1.29 is 46.8 Å². The van der Waals surface area contributed by atoms with E-state index in [1.165, 1.54) is 0 Å². The summed E-state index contributed by atoms with van der Waals surface area (Å²) in [5.74, 6) is 0. The second-order valence-electron chi connectivity index (χ2n) is 1.61. The minimum absolute atomic E-state index is 0. The molecule has 5 N–H and O–H groups in total. The van der Waals surface area contributed by atoms with Crippen LogP contribution in [0.1, 0.15) is 0 Å². The molecule has 0 aliphatic heterocycles. The molecule has 0 aliphatic rings. The van der Waals surface area contributed by atoms with Gasteiger partial charge in [0.15, 0.2) is 0 Å². The van der Waals surface area contributed by atoms with Crippen molar-refractivity contribution in [3.8, 4) is 0 Å². The molecule has 0 atom stereocenters. The Morgan fingerprint density at radius 1 is 0.556 bits per heavy atom. The molecule has 0 aromatic rings. The van der Waals surface area contributed by atoms with Gasteiger partial charge in [0.1, 0.15) is 0 Å². The van der Waals surface area contributed by atoms with Crippen LogP contribution in [-0.2, 0) is 22.3 Å². The molecule has 18 heavy (non-hydrogen) atoms. The van der Waals surface area contributed by atoms with Crippen molar-refractivity contribution in [1.29, 1.82) is 0 Å². The molecular weight excluding hydrogens is 453 g/mol. The molecule has 0 saturated heterocycles. The Labute approximate surface area is 252 Å². The number of phosphoric acid groups is 3. The van der Waals surface area contributed by atoms with Crippen LogP contribution >= 0.6 is 23.5 Å². The molecule has 0 aliphatic carbocycles. The van der Waals surface area contributed by atoms with Gasteiger partial charge in [-0.05, 0) is 0 Å². The van der Waals surface area contributed by atoms with E-state index in [-0.39, 0.29) is 189 Å². The summed E-state index contributed by atoms with van der Waals surface area (Å²) in [6.45, 7) is 0. The van der Waals surface area contributed by atoms with Gasteiger partial charge in [0.2, 0.25) is 0 Å². The molecule has 0 heterocycles. The van der Waals surface area contributed by atoms with Crippen molar-refractivity contribution in [3.05, 3.63) is 0 Å². The van der Waals surface area contributed by atoms with E-state index in [9.17, 15) is 13.7 Å². The van der Waals surface area contributed by atoms with E-state index in [2.05, 4.69) is 8.62 Å². The van der Waals surface area contributed by atoms with Crippen molar-refractivity contribution in [2.45, 2.75) is 0 Å². The van der Waals surface area contributed by atoms with E-state index >= 15 is 0 Å². The van der Waals surface area contributed by atoms with E-state index in [0.29, 0.717) is 0 Å². The Morgan fingerprint density at radius 3 is 0.833 bits per heavy atom. The van der Waals surface area contributed by atoms with Crippen molar-refractivity contribution >= 4 is 212 Å². The number of hydrogen-bond acceptors (Lipinski definition) is 5. The maximum absolute atomic E-state index is 10.4. The van der Waals surface area contributed by atoms with Gasteiger partial charge in [0, 0.05) is 0 Å². The van der Waals surface area contributed by atoms with E-state index in [1.54, 1.807) is 0 Å². The van der Waals surface area contributed by atoms with E-state index in [0.717, 1.165) is 0 Å². The zero-order valence-electron chi connectivity index (χ0n) is 5.62. The average molecular weight is 468 g/mol. The first-order valence-electron chi connectivity index (χ1n) is 2.28. The molecule has 0 radical (unpaired) electrons. The quantitative estimate of drug-likeness (QED) is 0.198. The van der Waals surface area contributed by atoms with Gasteiger partial charge < -0.3 is 24.5 Å². The van der Waals surface area contributed by atoms with Crippen LogP contribution in [0.15, 0.2) is 0 Å². The number of rotatable bonds is 4. The van der Waals surface area contributed by atoms with Crippen LogP contribution in [0, 0.1) is 0 Å². The monoisotopic (exact) mass is 468 g/mol. The van der Waals surface area contributed by atoms with Crippen molar-refractivity contribution in [2.75, 3.05) is 0 Å². The molecule has 100 valence electrons. The van der Waals surface area contributed by atoms with Crippen LogP contribution in [0.4, 0.5) is 0 Å². The molecule has 0 saturated carbocycles. The summed E-state index contributed by atoms with van der Waals surface area (Å²) in [7, 11) is -16.2. The van der Waals surface area contributed by atoms with E-state index < -0.39 is 23.5 Å². The van der Waals surface area contributed by atoms with Crippen LogP contribution in [0.3, 0.4) is 0 Å². The first-order valence-corrected chi connectivity index (χ1v) is 6.83. The van der Waals surface area contributed by atoms with Gasteiger partial charge in [-0.3, -0.25) is 0 Å². The molecule has 0 aromatic carbocycles.